The molecule has 140 valence electrons. The molecule has 0 fully saturated rings. The Labute approximate surface area is 146 Å². The van der Waals surface area contributed by atoms with E-state index in [4.69, 9.17) is 5.73 Å². The molecule has 0 aromatic rings. The monoisotopic (exact) mass is 359 g/mol. The number of nitrogens with two attached hydrogens (primary N) is 1. The van der Waals surface area contributed by atoms with E-state index in [0.717, 1.165) is 32.1 Å². The number of rotatable bonds is 16. The molecule has 0 aliphatic carbocycles. The Morgan fingerprint density at radius 2 is 1.46 bits per heavy atom. The fourth-order valence-corrected chi connectivity index (χ4v) is 2.96. The van der Waals surface area contributed by atoms with E-state index in [1.165, 1.54) is 32.1 Å². The van der Waals surface area contributed by atoms with Gasteiger partial charge in [0, 0.05) is 13.0 Å². The number of carbonyl (C=O) groups excluding carboxylic acids is 1. The first kappa shape index (κ1) is 23.2. The second-order valence-corrected chi connectivity index (χ2v) is 7.58. The molecule has 24 heavy (non-hydrogen) atoms. The minimum Gasteiger partial charge on any atom is -0.368 e. The third-order valence-corrected chi connectivity index (χ3v) is 5.23. The van der Waals surface area contributed by atoms with Crippen LogP contribution >= 0.6 is 7.68 Å². The number of hydrogen-bond donors (Lipinski definition) is 2. The van der Waals surface area contributed by atoms with E-state index >= 15 is 0 Å². The summed E-state index contributed by atoms with van der Waals surface area (Å²) in [6.07, 6.45) is 16.8. The van der Waals surface area contributed by atoms with Gasteiger partial charge in [-0.1, -0.05) is 57.6 Å². The molecule has 1 atom stereocenters. The molecular formula is C18H34NO4P. The van der Waals surface area contributed by atoms with Crippen LogP contribution in [0.4, 0.5) is 0 Å². The van der Waals surface area contributed by atoms with Crippen LogP contribution in [0.15, 0.2) is 12.2 Å². The van der Waals surface area contributed by atoms with Gasteiger partial charge in [-0.05, 0) is 32.1 Å². The van der Waals surface area contributed by atoms with Crippen molar-refractivity contribution in [3.63, 3.8) is 0 Å². The predicted molar refractivity (Wildman–Crippen MR) is 97.5 cm³/mol. The Balaban J connectivity index is 3.58. The minimum absolute atomic E-state index is 0.0642. The van der Waals surface area contributed by atoms with Gasteiger partial charge in [0.1, 0.15) is 0 Å². The SMILES string of the molecule is CCCCCC/C=C\CCCCCCCC(=O)C(O)(CN)P(=O)=O. The van der Waals surface area contributed by atoms with Gasteiger partial charge in [-0.2, -0.15) is 0 Å². The van der Waals surface area contributed by atoms with Crippen molar-refractivity contribution in [1.29, 1.82) is 0 Å². The maximum atomic E-state index is 11.7. The Morgan fingerprint density at radius 1 is 0.958 bits per heavy atom. The van der Waals surface area contributed by atoms with Gasteiger partial charge in [-0.15, -0.1) is 0 Å². The molecule has 0 aliphatic rings. The maximum Gasteiger partial charge on any atom is 0.357 e. The van der Waals surface area contributed by atoms with Crippen LogP contribution in [0, 0.1) is 0 Å². The fourth-order valence-electron chi connectivity index (χ4n) is 2.49. The van der Waals surface area contributed by atoms with Crippen LogP contribution in [0.1, 0.15) is 84.0 Å². The lowest BCUT2D eigenvalue weighted by atomic mass is 10.0. The summed E-state index contributed by atoms with van der Waals surface area (Å²) < 4.78 is 21.8. The first-order valence-electron chi connectivity index (χ1n) is 9.24. The van der Waals surface area contributed by atoms with Gasteiger partial charge in [0.2, 0.25) is 5.34 Å². The van der Waals surface area contributed by atoms with Crippen molar-refractivity contribution in [3.05, 3.63) is 12.2 Å². The van der Waals surface area contributed by atoms with Crippen LogP contribution < -0.4 is 5.73 Å². The Bertz CT molecular complexity index is 427. The highest BCUT2D eigenvalue weighted by atomic mass is 31.1. The molecule has 0 spiro atoms. The smallest absolute Gasteiger partial charge is 0.357 e. The molecule has 0 rings (SSSR count). The Kier molecular flexibility index (Phi) is 14.1. The summed E-state index contributed by atoms with van der Waals surface area (Å²) in [6.45, 7) is 1.64. The van der Waals surface area contributed by atoms with Crippen LogP contribution in [-0.4, -0.2) is 22.8 Å². The summed E-state index contributed by atoms with van der Waals surface area (Å²) in [5.41, 5.74) is 5.19. The highest BCUT2D eigenvalue weighted by Gasteiger charge is 2.40. The van der Waals surface area contributed by atoms with E-state index < -0.39 is 25.4 Å². The first-order chi connectivity index (χ1) is 11.5. The van der Waals surface area contributed by atoms with Gasteiger partial charge in [0.05, 0.1) is 0 Å². The summed E-state index contributed by atoms with van der Waals surface area (Å²) in [4.78, 5) is 11.7. The second-order valence-electron chi connectivity index (χ2n) is 6.33. The van der Waals surface area contributed by atoms with Gasteiger partial charge >= 0.3 is 7.68 Å². The molecule has 1 unspecified atom stereocenters. The zero-order valence-electron chi connectivity index (χ0n) is 15.0. The number of Topliss-reactive ketones (excluding diaryl/α,β-unsaturated/α-hetero) is 1. The lowest BCUT2D eigenvalue weighted by molar-refractivity contribution is -0.129. The number of carbonyl (C=O) groups is 1. The van der Waals surface area contributed by atoms with E-state index in [0.29, 0.717) is 6.42 Å². The van der Waals surface area contributed by atoms with Crippen LogP contribution in [0.2, 0.25) is 0 Å². The van der Waals surface area contributed by atoms with Crippen molar-refractivity contribution < 1.29 is 19.0 Å². The summed E-state index contributed by atoms with van der Waals surface area (Å²) in [7, 11) is -3.25. The molecule has 0 radical (unpaired) electrons. The molecule has 3 N–H and O–H groups in total. The zero-order chi connectivity index (χ0) is 18.3. The molecule has 5 nitrogen and oxygen atoms in total. The van der Waals surface area contributed by atoms with E-state index in [2.05, 4.69) is 19.1 Å². The topological polar surface area (TPSA) is 97.5 Å². The Hall–Kier alpha value is -0.770. The van der Waals surface area contributed by atoms with Gasteiger partial charge in [0.25, 0.3) is 0 Å². The van der Waals surface area contributed by atoms with Gasteiger partial charge in [-0.25, -0.2) is 9.13 Å². The zero-order valence-corrected chi connectivity index (χ0v) is 15.9. The van der Waals surface area contributed by atoms with Gasteiger partial charge in [-0.3, -0.25) is 4.79 Å². The average molecular weight is 359 g/mol. The van der Waals surface area contributed by atoms with E-state index in [1.807, 2.05) is 0 Å². The van der Waals surface area contributed by atoms with Crippen molar-refractivity contribution in [1.82, 2.24) is 0 Å². The Morgan fingerprint density at radius 3 is 1.96 bits per heavy atom. The van der Waals surface area contributed by atoms with Crippen LogP contribution in [-0.2, 0) is 13.9 Å². The van der Waals surface area contributed by atoms with Crippen molar-refractivity contribution in [2.24, 2.45) is 5.73 Å². The van der Waals surface area contributed by atoms with E-state index in [9.17, 15) is 19.0 Å². The molecule has 0 aromatic carbocycles. The number of allylic oxidation sites excluding steroid dienone is 2. The molecule has 0 saturated heterocycles. The lowest BCUT2D eigenvalue weighted by Crippen LogP contribution is -2.41. The normalized spacial score (nSPS) is 14.0. The highest BCUT2D eigenvalue weighted by Crippen LogP contribution is 2.28. The third kappa shape index (κ3) is 10.2. The van der Waals surface area contributed by atoms with Gasteiger partial charge in [0.15, 0.2) is 5.78 Å². The lowest BCUT2D eigenvalue weighted by Gasteiger charge is -2.15. The van der Waals surface area contributed by atoms with Crippen molar-refractivity contribution in [2.75, 3.05) is 6.54 Å². The van der Waals surface area contributed by atoms with E-state index in [-0.39, 0.29) is 6.42 Å². The molecule has 6 heteroatoms. The van der Waals surface area contributed by atoms with Crippen LogP contribution in [0.3, 0.4) is 0 Å². The fraction of sp³-hybridized carbons (Fsp3) is 0.833. The number of hydrogen-bond acceptors (Lipinski definition) is 5. The number of aliphatic hydroxyl groups is 1. The van der Waals surface area contributed by atoms with Crippen LogP contribution in [0.5, 0.6) is 0 Å². The summed E-state index contributed by atoms with van der Waals surface area (Å²) in [5.74, 6) is -0.688. The van der Waals surface area contributed by atoms with Crippen LogP contribution in [0.25, 0.3) is 0 Å². The standard InChI is InChI=1S/C18H34NO4P/c1-2-3-4-5-6-7-8-9-10-11-12-13-14-15-17(20)18(21,16-19)24(22)23/h7-8,21H,2-6,9-16,19H2,1H3/b8-7-. The molecule has 0 aromatic heterocycles. The first-order valence-corrected chi connectivity index (χ1v) is 10.4. The third-order valence-electron chi connectivity index (χ3n) is 4.20. The molecule has 0 aliphatic heterocycles. The maximum absolute atomic E-state index is 11.7. The molecule has 0 bridgehead atoms. The largest absolute Gasteiger partial charge is 0.368 e. The molecule has 0 amide bonds. The van der Waals surface area contributed by atoms with Crippen molar-refractivity contribution >= 4 is 13.5 Å². The summed E-state index contributed by atoms with van der Waals surface area (Å²) >= 11 is 0. The summed E-state index contributed by atoms with van der Waals surface area (Å²) in [5, 5.41) is 7.30. The quantitative estimate of drug-likeness (QED) is 0.238. The molecule has 0 saturated carbocycles. The number of unbranched alkanes of at least 4 members (excludes halogenated alkanes) is 9. The number of ketones is 1. The molecular weight excluding hydrogens is 325 g/mol. The highest BCUT2D eigenvalue weighted by molar-refractivity contribution is 7.34. The van der Waals surface area contributed by atoms with Gasteiger partial charge < -0.3 is 10.8 Å². The second kappa shape index (κ2) is 14.6. The molecule has 0 heterocycles. The van der Waals surface area contributed by atoms with Crippen molar-refractivity contribution in [2.45, 2.75) is 89.3 Å². The predicted octanol–water partition coefficient (Wildman–Crippen LogP) is 4.63. The minimum atomic E-state index is -3.25. The van der Waals surface area contributed by atoms with E-state index in [1.54, 1.807) is 0 Å². The average Bonchev–Trinajstić information content (AvgIpc) is 2.57. The summed E-state index contributed by atoms with van der Waals surface area (Å²) in [6, 6.07) is 0. The van der Waals surface area contributed by atoms with Crippen molar-refractivity contribution in [3.8, 4) is 0 Å².